The first-order valence-electron chi connectivity index (χ1n) is 10.5. The third-order valence-corrected chi connectivity index (χ3v) is 6.27. The SMILES string of the molecule is O=C1NCCC1NC(=O)N1CCC(N2CCN(Cc3ccccc3)CC2)CC1. The van der Waals surface area contributed by atoms with Crippen molar-refractivity contribution < 1.29 is 9.59 Å². The van der Waals surface area contributed by atoms with E-state index in [1.165, 1.54) is 5.56 Å². The number of nitrogens with zero attached hydrogens (tertiary/aromatic N) is 3. The molecular formula is C21H31N5O2. The second-order valence-corrected chi connectivity index (χ2v) is 8.10. The summed E-state index contributed by atoms with van der Waals surface area (Å²) in [5.41, 5.74) is 1.38. The van der Waals surface area contributed by atoms with Crippen LogP contribution >= 0.6 is 0 Å². The van der Waals surface area contributed by atoms with Gasteiger partial charge in [0, 0.05) is 58.4 Å². The van der Waals surface area contributed by atoms with Crippen molar-refractivity contribution in [3.05, 3.63) is 35.9 Å². The van der Waals surface area contributed by atoms with Gasteiger partial charge in [0.05, 0.1) is 0 Å². The van der Waals surface area contributed by atoms with Gasteiger partial charge in [-0.2, -0.15) is 0 Å². The lowest BCUT2D eigenvalue weighted by Gasteiger charge is -2.42. The molecule has 3 fully saturated rings. The summed E-state index contributed by atoms with van der Waals surface area (Å²) in [6.45, 7) is 7.64. The molecule has 0 spiro atoms. The number of nitrogens with one attached hydrogen (secondary N) is 2. The van der Waals surface area contributed by atoms with Crippen molar-refractivity contribution in [1.82, 2.24) is 25.3 Å². The lowest BCUT2D eigenvalue weighted by molar-refractivity contribution is -0.120. The topological polar surface area (TPSA) is 67.9 Å². The predicted octanol–water partition coefficient (Wildman–Crippen LogP) is 0.867. The van der Waals surface area contributed by atoms with E-state index >= 15 is 0 Å². The number of benzene rings is 1. The molecule has 152 valence electrons. The Morgan fingerprint density at radius 1 is 1.00 bits per heavy atom. The molecule has 7 heteroatoms. The van der Waals surface area contributed by atoms with E-state index in [1.54, 1.807) is 0 Å². The molecule has 0 aliphatic carbocycles. The Labute approximate surface area is 167 Å². The number of urea groups is 1. The predicted molar refractivity (Wildman–Crippen MR) is 108 cm³/mol. The van der Waals surface area contributed by atoms with E-state index in [2.05, 4.69) is 50.8 Å². The molecule has 0 aromatic heterocycles. The normalized spacial score (nSPS) is 24.9. The maximum absolute atomic E-state index is 12.4. The van der Waals surface area contributed by atoms with Crippen LogP contribution < -0.4 is 10.6 Å². The molecule has 3 amide bonds. The summed E-state index contributed by atoms with van der Waals surface area (Å²) >= 11 is 0. The summed E-state index contributed by atoms with van der Waals surface area (Å²) < 4.78 is 0. The fourth-order valence-electron chi connectivity index (χ4n) is 4.53. The van der Waals surface area contributed by atoms with E-state index in [0.29, 0.717) is 19.0 Å². The minimum atomic E-state index is -0.358. The quantitative estimate of drug-likeness (QED) is 0.807. The largest absolute Gasteiger partial charge is 0.354 e. The highest BCUT2D eigenvalue weighted by atomic mass is 16.2. The van der Waals surface area contributed by atoms with Crippen molar-refractivity contribution in [3.8, 4) is 0 Å². The number of piperidine rings is 1. The number of carbonyl (C=O) groups is 2. The van der Waals surface area contributed by atoms with Crippen molar-refractivity contribution in [2.45, 2.75) is 37.9 Å². The number of hydrogen-bond acceptors (Lipinski definition) is 4. The van der Waals surface area contributed by atoms with Gasteiger partial charge in [0.15, 0.2) is 0 Å². The number of carbonyl (C=O) groups excluding carboxylic acids is 2. The Morgan fingerprint density at radius 2 is 1.71 bits per heavy atom. The zero-order valence-electron chi connectivity index (χ0n) is 16.5. The van der Waals surface area contributed by atoms with Gasteiger partial charge in [-0.3, -0.25) is 14.6 Å². The molecule has 28 heavy (non-hydrogen) atoms. The summed E-state index contributed by atoms with van der Waals surface area (Å²) in [7, 11) is 0. The van der Waals surface area contributed by atoms with Crippen molar-refractivity contribution in [2.75, 3.05) is 45.8 Å². The molecule has 1 aromatic rings. The van der Waals surface area contributed by atoms with Gasteiger partial charge in [0.25, 0.3) is 0 Å². The third-order valence-electron chi connectivity index (χ3n) is 6.27. The zero-order chi connectivity index (χ0) is 19.3. The van der Waals surface area contributed by atoms with Gasteiger partial charge < -0.3 is 15.5 Å². The van der Waals surface area contributed by atoms with Crippen LogP contribution in [-0.2, 0) is 11.3 Å². The van der Waals surface area contributed by atoms with Crippen LogP contribution in [0.5, 0.6) is 0 Å². The zero-order valence-corrected chi connectivity index (χ0v) is 16.5. The van der Waals surface area contributed by atoms with E-state index < -0.39 is 0 Å². The highest BCUT2D eigenvalue weighted by Crippen LogP contribution is 2.19. The molecule has 0 bridgehead atoms. The molecule has 1 aromatic carbocycles. The number of piperazine rings is 1. The van der Waals surface area contributed by atoms with Gasteiger partial charge in [-0.25, -0.2) is 4.79 Å². The molecule has 1 atom stereocenters. The van der Waals surface area contributed by atoms with Crippen LogP contribution in [0.2, 0.25) is 0 Å². The Kier molecular flexibility index (Phi) is 6.12. The Balaban J connectivity index is 1.18. The summed E-state index contributed by atoms with van der Waals surface area (Å²) in [5, 5.41) is 5.64. The maximum atomic E-state index is 12.4. The second-order valence-electron chi connectivity index (χ2n) is 8.10. The van der Waals surface area contributed by atoms with Crippen LogP contribution in [-0.4, -0.2) is 84.5 Å². The van der Waals surface area contributed by atoms with Crippen LogP contribution in [0.15, 0.2) is 30.3 Å². The second kappa shape index (κ2) is 8.92. The Hall–Kier alpha value is -2.12. The molecular weight excluding hydrogens is 354 g/mol. The average molecular weight is 386 g/mol. The minimum absolute atomic E-state index is 0.0587. The standard InChI is InChI=1S/C21H31N5O2/c27-20-19(6-9-22-20)23-21(28)26-10-7-18(8-11-26)25-14-12-24(13-15-25)16-17-4-2-1-3-5-17/h1-5,18-19H,6-16H2,(H,22,27)(H,23,28). The summed E-state index contributed by atoms with van der Waals surface area (Å²) in [4.78, 5) is 31.0. The molecule has 1 unspecified atom stereocenters. The van der Waals surface area contributed by atoms with E-state index in [9.17, 15) is 9.59 Å². The highest BCUT2D eigenvalue weighted by molar-refractivity contribution is 5.88. The molecule has 7 nitrogen and oxygen atoms in total. The van der Waals surface area contributed by atoms with Crippen molar-refractivity contribution >= 4 is 11.9 Å². The van der Waals surface area contributed by atoms with E-state index in [0.717, 1.165) is 58.7 Å². The highest BCUT2D eigenvalue weighted by Gasteiger charge is 2.31. The molecule has 3 saturated heterocycles. The smallest absolute Gasteiger partial charge is 0.318 e. The first kappa shape index (κ1) is 19.2. The van der Waals surface area contributed by atoms with Crippen LogP contribution in [0, 0.1) is 0 Å². The lowest BCUT2D eigenvalue weighted by atomic mass is 10.0. The fraction of sp³-hybridized carbons (Fsp3) is 0.619. The van der Waals surface area contributed by atoms with Gasteiger partial charge >= 0.3 is 6.03 Å². The lowest BCUT2D eigenvalue weighted by Crippen LogP contribution is -2.55. The average Bonchev–Trinajstić information content (AvgIpc) is 3.14. The number of hydrogen-bond donors (Lipinski definition) is 2. The van der Waals surface area contributed by atoms with Crippen molar-refractivity contribution in [3.63, 3.8) is 0 Å². The molecule has 0 saturated carbocycles. The summed E-state index contributed by atoms with van der Waals surface area (Å²) in [5.74, 6) is -0.0587. The van der Waals surface area contributed by atoms with Gasteiger partial charge in [-0.05, 0) is 24.8 Å². The Morgan fingerprint density at radius 3 is 2.36 bits per heavy atom. The minimum Gasteiger partial charge on any atom is -0.354 e. The molecule has 3 aliphatic rings. The Bertz CT molecular complexity index is 667. The van der Waals surface area contributed by atoms with E-state index in [-0.39, 0.29) is 18.0 Å². The fourth-order valence-corrected chi connectivity index (χ4v) is 4.53. The summed E-state index contributed by atoms with van der Waals surface area (Å²) in [6.07, 6.45) is 2.72. The van der Waals surface area contributed by atoms with Crippen LogP contribution in [0.1, 0.15) is 24.8 Å². The van der Waals surface area contributed by atoms with Crippen molar-refractivity contribution in [2.24, 2.45) is 0 Å². The van der Waals surface area contributed by atoms with Gasteiger partial charge in [0.1, 0.15) is 6.04 Å². The first-order chi connectivity index (χ1) is 13.7. The van der Waals surface area contributed by atoms with Gasteiger partial charge in [-0.1, -0.05) is 30.3 Å². The molecule has 2 N–H and O–H groups in total. The molecule has 0 radical (unpaired) electrons. The first-order valence-corrected chi connectivity index (χ1v) is 10.5. The number of likely N-dealkylation sites (tertiary alicyclic amines) is 1. The number of amides is 3. The van der Waals surface area contributed by atoms with Gasteiger partial charge in [0.2, 0.25) is 5.91 Å². The van der Waals surface area contributed by atoms with E-state index in [1.807, 2.05) is 4.90 Å². The molecule has 3 aliphatic heterocycles. The van der Waals surface area contributed by atoms with Crippen LogP contribution in [0.25, 0.3) is 0 Å². The maximum Gasteiger partial charge on any atom is 0.318 e. The third kappa shape index (κ3) is 4.64. The van der Waals surface area contributed by atoms with E-state index in [4.69, 9.17) is 0 Å². The van der Waals surface area contributed by atoms with Crippen molar-refractivity contribution in [1.29, 1.82) is 0 Å². The summed E-state index contributed by atoms with van der Waals surface area (Å²) in [6, 6.07) is 10.8. The molecule has 3 heterocycles. The van der Waals surface area contributed by atoms with Gasteiger partial charge in [-0.15, -0.1) is 0 Å². The van der Waals surface area contributed by atoms with Crippen LogP contribution in [0.3, 0.4) is 0 Å². The number of rotatable bonds is 4. The monoisotopic (exact) mass is 385 g/mol. The van der Waals surface area contributed by atoms with Crippen LogP contribution in [0.4, 0.5) is 4.79 Å². The molecule has 4 rings (SSSR count).